The molecular weight excluding hydrogens is 232 g/mol. The Hall–Kier alpha value is -1.33. The zero-order valence-electron chi connectivity index (χ0n) is 12.1. The van der Waals surface area contributed by atoms with E-state index in [0.717, 1.165) is 12.1 Å². The molecule has 1 aliphatic rings. The Morgan fingerprint density at radius 2 is 1.84 bits per heavy atom. The van der Waals surface area contributed by atoms with Gasteiger partial charge in [0.15, 0.2) is 0 Å². The average Bonchev–Trinajstić information content (AvgIpc) is 2.46. The van der Waals surface area contributed by atoms with Crippen molar-refractivity contribution in [2.24, 2.45) is 5.41 Å². The van der Waals surface area contributed by atoms with E-state index in [4.69, 9.17) is 5.26 Å². The van der Waals surface area contributed by atoms with Gasteiger partial charge in [-0.05, 0) is 42.9 Å². The van der Waals surface area contributed by atoms with Gasteiger partial charge in [-0.25, -0.2) is 0 Å². The van der Waals surface area contributed by atoms with E-state index in [1.807, 2.05) is 12.1 Å². The Bertz CT molecular complexity index is 435. The van der Waals surface area contributed by atoms with Crippen molar-refractivity contribution in [3.8, 4) is 6.07 Å². The van der Waals surface area contributed by atoms with Gasteiger partial charge in [-0.15, -0.1) is 0 Å². The number of nitrogens with zero attached hydrogens (tertiary/aromatic N) is 1. The normalized spacial score (nSPS) is 19.6. The first-order valence-corrected chi connectivity index (χ1v) is 7.36. The molecule has 102 valence electrons. The lowest BCUT2D eigenvalue weighted by Crippen LogP contribution is -2.34. The van der Waals surface area contributed by atoms with Crippen LogP contribution in [0.15, 0.2) is 24.3 Å². The summed E-state index contributed by atoms with van der Waals surface area (Å²) in [4.78, 5) is 0. The first-order valence-electron chi connectivity index (χ1n) is 7.36. The minimum absolute atomic E-state index is 0.353. The van der Waals surface area contributed by atoms with Crippen LogP contribution in [0.5, 0.6) is 0 Å². The molecule has 1 unspecified atom stereocenters. The number of benzene rings is 1. The summed E-state index contributed by atoms with van der Waals surface area (Å²) >= 11 is 0. The topological polar surface area (TPSA) is 35.8 Å². The monoisotopic (exact) mass is 256 g/mol. The maximum Gasteiger partial charge on any atom is 0.0991 e. The predicted molar refractivity (Wildman–Crippen MR) is 78.8 cm³/mol. The van der Waals surface area contributed by atoms with Crippen molar-refractivity contribution in [3.63, 3.8) is 0 Å². The summed E-state index contributed by atoms with van der Waals surface area (Å²) in [6.07, 6.45) is 6.85. The van der Waals surface area contributed by atoms with Crippen LogP contribution in [0.2, 0.25) is 0 Å². The second-order valence-electron chi connectivity index (χ2n) is 6.21. The van der Waals surface area contributed by atoms with Crippen molar-refractivity contribution in [2.75, 3.05) is 6.54 Å². The summed E-state index contributed by atoms with van der Waals surface area (Å²) in [7, 11) is 0. The summed E-state index contributed by atoms with van der Waals surface area (Å²) < 4.78 is 0. The average molecular weight is 256 g/mol. The van der Waals surface area contributed by atoms with E-state index >= 15 is 0 Å². The molecule has 1 aliphatic carbocycles. The van der Waals surface area contributed by atoms with E-state index in [-0.39, 0.29) is 0 Å². The van der Waals surface area contributed by atoms with Crippen LogP contribution >= 0.6 is 0 Å². The molecule has 2 rings (SSSR count). The maximum absolute atomic E-state index is 8.81. The zero-order chi connectivity index (χ0) is 13.7. The third-order valence-electron chi connectivity index (χ3n) is 4.44. The summed E-state index contributed by atoms with van der Waals surface area (Å²) in [5, 5.41) is 12.5. The highest BCUT2D eigenvalue weighted by Crippen LogP contribution is 2.35. The number of hydrogen-bond acceptors (Lipinski definition) is 2. The van der Waals surface area contributed by atoms with E-state index in [2.05, 4.69) is 37.4 Å². The van der Waals surface area contributed by atoms with Crippen molar-refractivity contribution >= 4 is 0 Å². The molecule has 0 bridgehead atoms. The molecule has 1 saturated carbocycles. The Balaban J connectivity index is 1.89. The second kappa shape index (κ2) is 6.21. The molecule has 2 nitrogen and oxygen atoms in total. The third kappa shape index (κ3) is 3.81. The highest BCUT2D eigenvalue weighted by atomic mass is 14.9. The smallest absolute Gasteiger partial charge is 0.0991 e. The van der Waals surface area contributed by atoms with E-state index in [9.17, 15) is 0 Å². The summed E-state index contributed by atoms with van der Waals surface area (Å²) in [6, 6.07) is 10.4. The van der Waals surface area contributed by atoms with Crippen LogP contribution in [0.1, 0.15) is 63.1 Å². The number of rotatable bonds is 4. The summed E-state index contributed by atoms with van der Waals surface area (Å²) in [5.74, 6) is 0. The highest BCUT2D eigenvalue weighted by Gasteiger charge is 2.26. The lowest BCUT2D eigenvalue weighted by atomic mass is 9.75. The minimum Gasteiger partial charge on any atom is -0.310 e. The number of nitriles is 1. The van der Waals surface area contributed by atoms with Gasteiger partial charge >= 0.3 is 0 Å². The van der Waals surface area contributed by atoms with Crippen molar-refractivity contribution in [1.29, 1.82) is 5.26 Å². The molecule has 0 aromatic heterocycles. The van der Waals surface area contributed by atoms with E-state index in [1.54, 1.807) is 0 Å². The SMILES string of the molecule is CC(NCC1(C)CCCCC1)c1ccc(C#N)cc1. The van der Waals surface area contributed by atoms with Gasteiger partial charge in [0, 0.05) is 12.6 Å². The predicted octanol–water partition coefficient (Wildman–Crippen LogP) is 4.18. The van der Waals surface area contributed by atoms with E-state index < -0.39 is 0 Å². The van der Waals surface area contributed by atoms with Crippen molar-refractivity contribution in [1.82, 2.24) is 5.32 Å². The lowest BCUT2D eigenvalue weighted by molar-refractivity contribution is 0.202. The second-order valence-corrected chi connectivity index (χ2v) is 6.21. The van der Waals surface area contributed by atoms with Gasteiger partial charge in [0.2, 0.25) is 0 Å². The molecule has 19 heavy (non-hydrogen) atoms. The highest BCUT2D eigenvalue weighted by molar-refractivity contribution is 5.32. The van der Waals surface area contributed by atoms with Crippen LogP contribution in [0, 0.1) is 16.7 Å². The quantitative estimate of drug-likeness (QED) is 0.877. The molecule has 1 fully saturated rings. The molecule has 0 amide bonds. The summed E-state index contributed by atoms with van der Waals surface area (Å²) in [5.41, 5.74) is 2.47. The molecule has 0 aliphatic heterocycles. The fourth-order valence-electron chi connectivity index (χ4n) is 2.95. The van der Waals surface area contributed by atoms with Crippen molar-refractivity contribution in [3.05, 3.63) is 35.4 Å². The van der Waals surface area contributed by atoms with Crippen LogP contribution in [0.3, 0.4) is 0 Å². The molecule has 0 heterocycles. The Labute approximate surface area is 116 Å². The van der Waals surface area contributed by atoms with Gasteiger partial charge in [0.05, 0.1) is 11.6 Å². The van der Waals surface area contributed by atoms with Crippen LogP contribution in [-0.4, -0.2) is 6.54 Å². The Morgan fingerprint density at radius 3 is 2.42 bits per heavy atom. The first kappa shape index (κ1) is 14.1. The van der Waals surface area contributed by atoms with Crippen LogP contribution in [0.4, 0.5) is 0 Å². The van der Waals surface area contributed by atoms with Crippen molar-refractivity contribution < 1.29 is 0 Å². The fourth-order valence-corrected chi connectivity index (χ4v) is 2.95. The molecular formula is C17H24N2. The Kier molecular flexibility index (Phi) is 4.61. The third-order valence-corrected chi connectivity index (χ3v) is 4.44. The van der Waals surface area contributed by atoms with Gasteiger partial charge in [-0.2, -0.15) is 5.26 Å². The van der Waals surface area contributed by atoms with Gasteiger partial charge in [0.1, 0.15) is 0 Å². The van der Waals surface area contributed by atoms with Crippen molar-refractivity contribution in [2.45, 2.75) is 52.0 Å². The molecule has 1 aromatic carbocycles. The Morgan fingerprint density at radius 1 is 1.21 bits per heavy atom. The number of hydrogen-bond donors (Lipinski definition) is 1. The van der Waals surface area contributed by atoms with Gasteiger partial charge < -0.3 is 5.32 Å². The molecule has 0 saturated heterocycles. The van der Waals surface area contributed by atoms with E-state index in [0.29, 0.717) is 11.5 Å². The zero-order valence-corrected chi connectivity index (χ0v) is 12.1. The molecule has 0 spiro atoms. The maximum atomic E-state index is 8.81. The summed E-state index contributed by atoms with van der Waals surface area (Å²) in [6.45, 7) is 5.70. The minimum atomic E-state index is 0.353. The first-order chi connectivity index (χ1) is 9.13. The largest absolute Gasteiger partial charge is 0.310 e. The van der Waals surface area contributed by atoms with Crippen LogP contribution < -0.4 is 5.32 Å². The fraction of sp³-hybridized carbons (Fsp3) is 0.588. The van der Waals surface area contributed by atoms with Gasteiger partial charge in [0.25, 0.3) is 0 Å². The lowest BCUT2D eigenvalue weighted by Gasteiger charge is -2.35. The molecule has 1 aromatic rings. The van der Waals surface area contributed by atoms with Crippen LogP contribution in [-0.2, 0) is 0 Å². The number of nitrogens with one attached hydrogen (secondary N) is 1. The molecule has 1 atom stereocenters. The van der Waals surface area contributed by atoms with E-state index in [1.165, 1.54) is 37.7 Å². The molecule has 1 N–H and O–H groups in total. The molecule has 2 heteroatoms. The standard InChI is InChI=1S/C17H24N2/c1-14(16-8-6-15(12-18)7-9-16)19-13-17(2)10-4-3-5-11-17/h6-9,14,19H,3-5,10-11,13H2,1-2H3. The van der Waals surface area contributed by atoms with Gasteiger partial charge in [-0.1, -0.05) is 38.3 Å². The van der Waals surface area contributed by atoms with Gasteiger partial charge in [-0.3, -0.25) is 0 Å². The molecule has 0 radical (unpaired) electrons. The van der Waals surface area contributed by atoms with Crippen LogP contribution in [0.25, 0.3) is 0 Å².